The van der Waals surface area contributed by atoms with Crippen LogP contribution in [0.1, 0.15) is 5.56 Å². The van der Waals surface area contributed by atoms with Crippen molar-refractivity contribution in [3.8, 4) is 0 Å². The van der Waals surface area contributed by atoms with Gasteiger partial charge in [0.15, 0.2) is 0 Å². The van der Waals surface area contributed by atoms with E-state index in [-0.39, 0.29) is 10.8 Å². The summed E-state index contributed by atoms with van der Waals surface area (Å²) < 4.78 is 39.2. The Kier molecular flexibility index (Phi) is 4.30. The molecule has 0 aliphatic rings. The number of benzene rings is 2. The number of hydrogen-bond acceptors (Lipinski definition) is 2. The highest BCUT2D eigenvalue weighted by Crippen LogP contribution is 2.25. The molecule has 2 aromatic rings. The summed E-state index contributed by atoms with van der Waals surface area (Å²) in [5.74, 6) is -0.312. The quantitative estimate of drug-likeness (QED) is 0.811. The molecule has 0 heterocycles. The third-order valence-corrected chi connectivity index (χ3v) is 5.12. The summed E-state index contributed by atoms with van der Waals surface area (Å²) in [6.07, 6.45) is 0. The first-order valence-corrected chi connectivity index (χ1v) is 7.82. The second-order valence-electron chi connectivity index (χ2n) is 4.19. The fourth-order valence-electron chi connectivity index (χ4n) is 1.80. The van der Waals surface area contributed by atoms with Crippen LogP contribution >= 0.6 is 11.6 Å². The van der Waals surface area contributed by atoms with Crippen molar-refractivity contribution in [1.82, 2.24) is 0 Å². The third-order valence-electron chi connectivity index (χ3n) is 2.95. The van der Waals surface area contributed by atoms with Crippen molar-refractivity contribution in [1.29, 1.82) is 0 Å². The molecule has 0 fully saturated rings. The molecule has 2 rings (SSSR count). The van der Waals surface area contributed by atoms with Gasteiger partial charge in [0.25, 0.3) is 10.0 Å². The molecule has 2 aromatic carbocycles. The molecule has 0 aromatic heterocycles. The molecule has 0 bridgehead atoms. The third kappa shape index (κ3) is 2.78. The second-order valence-corrected chi connectivity index (χ2v) is 6.40. The first kappa shape index (κ1) is 14.8. The average molecular weight is 314 g/mol. The molecule has 0 N–H and O–H groups in total. The van der Waals surface area contributed by atoms with Crippen LogP contribution in [0.5, 0.6) is 0 Å². The van der Waals surface area contributed by atoms with Gasteiger partial charge < -0.3 is 0 Å². The van der Waals surface area contributed by atoms with Crippen molar-refractivity contribution in [2.45, 2.75) is 10.8 Å². The Morgan fingerprint density at radius 1 is 1.10 bits per heavy atom. The minimum atomic E-state index is -3.72. The van der Waals surface area contributed by atoms with Gasteiger partial charge in [0.2, 0.25) is 0 Å². The van der Waals surface area contributed by atoms with Gasteiger partial charge in [0.1, 0.15) is 5.82 Å². The summed E-state index contributed by atoms with van der Waals surface area (Å²) in [6, 6.07) is 11.8. The summed E-state index contributed by atoms with van der Waals surface area (Å²) in [6.45, 7) is 0. The number of halogens is 2. The van der Waals surface area contributed by atoms with Crippen LogP contribution in [0.25, 0.3) is 0 Å². The molecule has 106 valence electrons. The SMILES string of the molecule is CN(c1ccc(F)cc1)S(=O)(=O)c1ccccc1CCl. The lowest BCUT2D eigenvalue weighted by Gasteiger charge is -2.20. The molecule has 0 amide bonds. The molecule has 0 saturated heterocycles. The molecule has 6 heteroatoms. The summed E-state index contributed by atoms with van der Waals surface area (Å²) in [5.41, 5.74) is 0.916. The van der Waals surface area contributed by atoms with Crippen LogP contribution < -0.4 is 4.31 Å². The van der Waals surface area contributed by atoms with Crippen molar-refractivity contribution in [2.24, 2.45) is 0 Å². The van der Waals surface area contributed by atoms with Gasteiger partial charge in [-0.05, 0) is 35.9 Å². The van der Waals surface area contributed by atoms with Crippen LogP contribution in [0.3, 0.4) is 0 Å². The van der Waals surface area contributed by atoms with Gasteiger partial charge in [0.05, 0.1) is 10.6 Å². The van der Waals surface area contributed by atoms with E-state index >= 15 is 0 Å². The van der Waals surface area contributed by atoms with Crippen LogP contribution in [0.4, 0.5) is 10.1 Å². The predicted molar refractivity (Wildman–Crippen MR) is 78.0 cm³/mol. The summed E-state index contributed by atoms with van der Waals surface area (Å²) in [4.78, 5) is 0.154. The van der Waals surface area contributed by atoms with Gasteiger partial charge in [0, 0.05) is 12.9 Å². The zero-order chi connectivity index (χ0) is 14.8. The Balaban J connectivity index is 2.46. The Morgan fingerprint density at radius 2 is 1.70 bits per heavy atom. The van der Waals surface area contributed by atoms with E-state index in [1.165, 1.54) is 37.4 Å². The van der Waals surface area contributed by atoms with Crippen LogP contribution in [0, 0.1) is 5.82 Å². The molecule has 0 saturated carbocycles. The van der Waals surface area contributed by atoms with E-state index in [0.29, 0.717) is 11.3 Å². The summed E-state index contributed by atoms with van der Waals surface area (Å²) >= 11 is 5.78. The largest absolute Gasteiger partial charge is 0.269 e. The Morgan fingerprint density at radius 3 is 2.30 bits per heavy atom. The number of anilines is 1. The number of rotatable bonds is 4. The molecule has 0 aliphatic carbocycles. The lowest BCUT2D eigenvalue weighted by molar-refractivity contribution is 0.593. The highest BCUT2D eigenvalue weighted by atomic mass is 35.5. The molecular weight excluding hydrogens is 301 g/mol. The van der Waals surface area contributed by atoms with Crippen molar-refractivity contribution in [2.75, 3.05) is 11.4 Å². The van der Waals surface area contributed by atoms with Gasteiger partial charge in [-0.1, -0.05) is 18.2 Å². The van der Waals surface area contributed by atoms with Crippen molar-refractivity contribution in [3.63, 3.8) is 0 Å². The lowest BCUT2D eigenvalue weighted by atomic mass is 10.2. The van der Waals surface area contributed by atoms with E-state index in [2.05, 4.69) is 0 Å². The highest BCUT2D eigenvalue weighted by Gasteiger charge is 2.23. The van der Waals surface area contributed by atoms with Crippen LogP contribution in [0.15, 0.2) is 53.4 Å². The minimum absolute atomic E-state index is 0.104. The van der Waals surface area contributed by atoms with Crippen LogP contribution in [0.2, 0.25) is 0 Å². The maximum Gasteiger partial charge on any atom is 0.264 e. The standard InChI is InChI=1S/C14H13ClFNO2S/c1-17(13-8-6-12(16)7-9-13)20(18,19)14-5-3-2-4-11(14)10-15/h2-9H,10H2,1H3. The monoisotopic (exact) mass is 313 g/mol. The molecule has 0 atom stereocenters. The topological polar surface area (TPSA) is 37.4 Å². The number of sulfonamides is 1. The molecule has 0 aliphatic heterocycles. The van der Waals surface area contributed by atoms with E-state index in [1.54, 1.807) is 18.2 Å². The van der Waals surface area contributed by atoms with Gasteiger partial charge >= 0.3 is 0 Å². The Bertz CT molecular complexity index is 701. The second kappa shape index (κ2) is 5.81. The van der Waals surface area contributed by atoms with Gasteiger partial charge in [-0.2, -0.15) is 0 Å². The smallest absolute Gasteiger partial charge is 0.264 e. The summed E-state index contributed by atoms with van der Waals surface area (Å²) in [7, 11) is -2.30. The van der Waals surface area contributed by atoms with Gasteiger partial charge in [-0.25, -0.2) is 12.8 Å². The van der Waals surface area contributed by atoms with E-state index < -0.39 is 15.8 Å². The van der Waals surface area contributed by atoms with Gasteiger partial charge in [-0.3, -0.25) is 4.31 Å². The van der Waals surface area contributed by atoms with E-state index in [4.69, 9.17) is 11.6 Å². The van der Waals surface area contributed by atoms with E-state index in [0.717, 1.165) is 4.31 Å². The van der Waals surface area contributed by atoms with Crippen LogP contribution in [-0.2, 0) is 15.9 Å². The highest BCUT2D eigenvalue weighted by molar-refractivity contribution is 7.92. The van der Waals surface area contributed by atoms with E-state index in [9.17, 15) is 12.8 Å². The zero-order valence-electron chi connectivity index (χ0n) is 10.8. The zero-order valence-corrected chi connectivity index (χ0v) is 12.3. The number of hydrogen-bond donors (Lipinski definition) is 0. The maximum atomic E-state index is 12.9. The average Bonchev–Trinajstić information content (AvgIpc) is 2.47. The normalized spacial score (nSPS) is 11.3. The van der Waals surface area contributed by atoms with Crippen molar-refractivity contribution >= 4 is 27.3 Å². The fraction of sp³-hybridized carbons (Fsp3) is 0.143. The van der Waals surface area contributed by atoms with Gasteiger partial charge in [-0.15, -0.1) is 11.6 Å². The summed E-state index contributed by atoms with van der Waals surface area (Å²) in [5, 5.41) is 0. The first-order chi connectivity index (χ1) is 9.46. The van der Waals surface area contributed by atoms with Crippen molar-refractivity contribution in [3.05, 3.63) is 59.9 Å². The van der Waals surface area contributed by atoms with Crippen molar-refractivity contribution < 1.29 is 12.8 Å². The minimum Gasteiger partial charge on any atom is -0.269 e. The molecular formula is C14H13ClFNO2S. The maximum absolute atomic E-state index is 12.9. The molecule has 0 spiro atoms. The molecule has 3 nitrogen and oxygen atoms in total. The molecule has 20 heavy (non-hydrogen) atoms. The van der Waals surface area contributed by atoms with E-state index in [1.807, 2.05) is 0 Å². The number of alkyl halides is 1. The fourth-order valence-corrected chi connectivity index (χ4v) is 3.53. The molecule has 0 radical (unpaired) electrons. The van der Waals surface area contributed by atoms with Crippen LogP contribution in [-0.4, -0.2) is 15.5 Å². The predicted octanol–water partition coefficient (Wildman–Crippen LogP) is 3.39. The number of nitrogens with zero attached hydrogens (tertiary/aromatic N) is 1. The first-order valence-electron chi connectivity index (χ1n) is 5.85. The Hall–Kier alpha value is -1.59. The Labute approximate surface area is 122 Å². The molecule has 0 unspecified atom stereocenters. The lowest BCUT2D eigenvalue weighted by Crippen LogP contribution is -2.27.